The predicted octanol–water partition coefficient (Wildman–Crippen LogP) is 0.00890. The number of hydrogen-bond acceptors (Lipinski definition) is 6. The van der Waals surface area contributed by atoms with Gasteiger partial charge in [-0.3, -0.25) is 24.4 Å². The number of fused-ring (bicyclic) bond motifs is 1. The van der Waals surface area contributed by atoms with Crippen LogP contribution in [-0.2, 0) is 16.1 Å². The van der Waals surface area contributed by atoms with Crippen LogP contribution < -0.4 is 5.32 Å². The number of rotatable bonds is 5. The molecule has 1 aromatic rings. The first-order valence-electron chi connectivity index (χ1n) is 11.1. The Bertz CT molecular complexity index is 736. The van der Waals surface area contributed by atoms with Crippen molar-refractivity contribution in [2.75, 3.05) is 53.4 Å². The van der Waals surface area contributed by atoms with Crippen molar-refractivity contribution >= 4 is 11.8 Å². The third-order valence-electron chi connectivity index (χ3n) is 6.99. The van der Waals surface area contributed by atoms with Gasteiger partial charge in [0.05, 0.1) is 5.69 Å². The average molecular weight is 415 g/mol. The minimum absolute atomic E-state index is 0.105. The molecule has 4 heterocycles. The van der Waals surface area contributed by atoms with Crippen LogP contribution in [0.25, 0.3) is 0 Å². The monoisotopic (exact) mass is 414 g/mol. The average Bonchev–Trinajstić information content (AvgIpc) is 3.12. The molecule has 3 aliphatic rings. The van der Waals surface area contributed by atoms with E-state index in [9.17, 15) is 9.59 Å². The van der Waals surface area contributed by atoms with Crippen LogP contribution in [0.2, 0.25) is 0 Å². The van der Waals surface area contributed by atoms with Crippen LogP contribution in [0.15, 0.2) is 24.4 Å². The number of hydrogen-bond donors (Lipinski definition) is 1. The van der Waals surface area contributed by atoms with Gasteiger partial charge in [0.15, 0.2) is 0 Å². The molecule has 4 rings (SSSR count). The summed E-state index contributed by atoms with van der Waals surface area (Å²) >= 11 is 0. The van der Waals surface area contributed by atoms with E-state index in [-0.39, 0.29) is 29.9 Å². The molecular formula is C22H34N6O2. The SMILES string of the molecule is CN1CCN(C(=O)CC[C@H]2CNC(=O)[C@@H]3[C@@H](CCN3Cc3ccccn3)N2C)CC1. The van der Waals surface area contributed by atoms with Gasteiger partial charge in [-0.1, -0.05) is 6.07 Å². The first-order chi connectivity index (χ1) is 14.5. The third kappa shape index (κ3) is 4.66. The van der Waals surface area contributed by atoms with Gasteiger partial charge >= 0.3 is 0 Å². The van der Waals surface area contributed by atoms with Crippen molar-refractivity contribution in [2.45, 2.75) is 43.9 Å². The zero-order valence-corrected chi connectivity index (χ0v) is 18.2. The maximum Gasteiger partial charge on any atom is 0.239 e. The van der Waals surface area contributed by atoms with Crippen LogP contribution >= 0.6 is 0 Å². The second kappa shape index (κ2) is 9.41. The Labute approximate surface area is 179 Å². The van der Waals surface area contributed by atoms with Crippen molar-refractivity contribution in [2.24, 2.45) is 0 Å². The van der Waals surface area contributed by atoms with Crippen LogP contribution in [-0.4, -0.2) is 108 Å². The zero-order valence-electron chi connectivity index (χ0n) is 18.2. The molecule has 0 saturated carbocycles. The molecule has 2 amide bonds. The summed E-state index contributed by atoms with van der Waals surface area (Å²) in [6.45, 7) is 5.71. The quantitative estimate of drug-likeness (QED) is 0.732. The maximum absolute atomic E-state index is 12.9. The fourth-order valence-electron chi connectivity index (χ4n) is 5.03. The van der Waals surface area contributed by atoms with Gasteiger partial charge in [-0.25, -0.2) is 0 Å². The molecule has 3 saturated heterocycles. The van der Waals surface area contributed by atoms with Gasteiger partial charge in [-0.15, -0.1) is 0 Å². The summed E-state index contributed by atoms with van der Waals surface area (Å²) in [5, 5.41) is 3.15. The van der Waals surface area contributed by atoms with E-state index in [0.29, 0.717) is 19.5 Å². The van der Waals surface area contributed by atoms with E-state index in [1.165, 1.54) is 0 Å². The predicted molar refractivity (Wildman–Crippen MR) is 115 cm³/mol. The topological polar surface area (TPSA) is 72.0 Å². The number of amides is 2. The molecular weight excluding hydrogens is 380 g/mol. The number of likely N-dealkylation sites (tertiary alicyclic amines) is 1. The molecule has 0 unspecified atom stereocenters. The highest BCUT2D eigenvalue weighted by atomic mass is 16.2. The second-order valence-electron chi connectivity index (χ2n) is 8.88. The van der Waals surface area contributed by atoms with Crippen LogP contribution in [0.5, 0.6) is 0 Å². The number of likely N-dealkylation sites (N-methyl/N-ethyl adjacent to an activating group) is 2. The van der Waals surface area contributed by atoms with E-state index < -0.39 is 0 Å². The van der Waals surface area contributed by atoms with Crippen molar-refractivity contribution in [3.63, 3.8) is 0 Å². The Kier molecular flexibility index (Phi) is 6.65. The Morgan fingerprint density at radius 3 is 2.70 bits per heavy atom. The standard InChI is InChI=1S/C22H34N6O2/c1-25-11-13-27(14-12-25)20(29)7-6-18-15-24-22(30)21-19(26(18)2)8-10-28(21)16-17-5-3-4-9-23-17/h3-5,9,18-19,21H,6-8,10-16H2,1-2H3,(H,24,30)/t18-,19+,21-/m0/s1. The first-order valence-corrected chi connectivity index (χ1v) is 11.1. The molecule has 3 fully saturated rings. The van der Waals surface area contributed by atoms with Gasteiger partial charge in [0, 0.05) is 70.5 Å². The second-order valence-corrected chi connectivity index (χ2v) is 8.88. The van der Waals surface area contributed by atoms with Crippen molar-refractivity contribution in [3.8, 4) is 0 Å². The molecule has 164 valence electrons. The smallest absolute Gasteiger partial charge is 0.239 e. The molecule has 0 radical (unpaired) electrons. The van der Waals surface area contributed by atoms with E-state index in [2.05, 4.69) is 39.1 Å². The third-order valence-corrected chi connectivity index (χ3v) is 6.99. The molecule has 0 aromatic carbocycles. The highest BCUT2D eigenvalue weighted by molar-refractivity contribution is 5.83. The number of carbonyl (C=O) groups excluding carboxylic acids is 2. The summed E-state index contributed by atoms with van der Waals surface area (Å²) < 4.78 is 0. The lowest BCUT2D eigenvalue weighted by atomic mass is 10.0. The number of aromatic nitrogens is 1. The zero-order chi connectivity index (χ0) is 21.1. The number of piperazine rings is 1. The Morgan fingerprint density at radius 2 is 1.97 bits per heavy atom. The maximum atomic E-state index is 12.9. The van der Waals surface area contributed by atoms with Crippen LogP contribution in [0.1, 0.15) is 25.0 Å². The lowest BCUT2D eigenvalue weighted by molar-refractivity contribution is -0.133. The number of carbonyl (C=O) groups is 2. The van der Waals surface area contributed by atoms with Gasteiger partial charge in [-0.05, 0) is 39.1 Å². The lowest BCUT2D eigenvalue weighted by Gasteiger charge is -2.34. The molecule has 8 nitrogen and oxygen atoms in total. The van der Waals surface area contributed by atoms with E-state index in [0.717, 1.165) is 51.3 Å². The molecule has 1 N–H and O–H groups in total. The summed E-state index contributed by atoms with van der Waals surface area (Å²) in [5.74, 6) is 0.347. The number of nitrogens with one attached hydrogen (secondary N) is 1. The first kappa shape index (κ1) is 21.2. The molecule has 0 bridgehead atoms. The fourth-order valence-corrected chi connectivity index (χ4v) is 5.03. The number of pyridine rings is 1. The van der Waals surface area contributed by atoms with Gasteiger partial charge < -0.3 is 15.1 Å². The van der Waals surface area contributed by atoms with Crippen molar-refractivity contribution in [3.05, 3.63) is 30.1 Å². The Balaban J connectivity index is 1.35. The summed E-state index contributed by atoms with van der Waals surface area (Å²) in [7, 11) is 4.22. The van der Waals surface area contributed by atoms with Crippen LogP contribution in [0.4, 0.5) is 0 Å². The Morgan fingerprint density at radius 1 is 1.17 bits per heavy atom. The molecule has 30 heavy (non-hydrogen) atoms. The van der Waals surface area contributed by atoms with Gasteiger partial charge in [-0.2, -0.15) is 0 Å². The van der Waals surface area contributed by atoms with Crippen molar-refractivity contribution < 1.29 is 9.59 Å². The van der Waals surface area contributed by atoms with E-state index in [1.807, 2.05) is 23.1 Å². The summed E-state index contributed by atoms with van der Waals surface area (Å²) in [6, 6.07) is 6.13. The normalized spacial score (nSPS) is 28.8. The number of nitrogens with zero attached hydrogens (tertiary/aromatic N) is 5. The van der Waals surface area contributed by atoms with Gasteiger partial charge in [0.2, 0.25) is 11.8 Å². The molecule has 0 spiro atoms. The summed E-state index contributed by atoms with van der Waals surface area (Å²) in [6.07, 6.45) is 4.09. The highest BCUT2D eigenvalue weighted by Gasteiger charge is 2.45. The van der Waals surface area contributed by atoms with E-state index in [4.69, 9.17) is 0 Å². The van der Waals surface area contributed by atoms with Crippen molar-refractivity contribution in [1.82, 2.24) is 29.9 Å². The van der Waals surface area contributed by atoms with Crippen molar-refractivity contribution in [1.29, 1.82) is 0 Å². The summed E-state index contributed by atoms with van der Waals surface area (Å²) in [5.41, 5.74) is 0.993. The molecule has 3 atom stereocenters. The Hall–Kier alpha value is -2.03. The van der Waals surface area contributed by atoms with Crippen LogP contribution in [0, 0.1) is 0 Å². The van der Waals surface area contributed by atoms with Gasteiger partial charge in [0.25, 0.3) is 0 Å². The lowest BCUT2D eigenvalue weighted by Crippen LogP contribution is -2.50. The molecule has 1 aromatic heterocycles. The molecule has 8 heteroatoms. The minimum atomic E-state index is -0.157. The molecule has 0 aliphatic carbocycles. The van der Waals surface area contributed by atoms with Crippen LogP contribution in [0.3, 0.4) is 0 Å². The van der Waals surface area contributed by atoms with E-state index >= 15 is 0 Å². The molecule has 3 aliphatic heterocycles. The largest absolute Gasteiger partial charge is 0.353 e. The fraction of sp³-hybridized carbons (Fsp3) is 0.682. The van der Waals surface area contributed by atoms with E-state index in [1.54, 1.807) is 6.20 Å². The summed E-state index contributed by atoms with van der Waals surface area (Å²) in [4.78, 5) is 38.9. The van der Waals surface area contributed by atoms with Gasteiger partial charge in [0.1, 0.15) is 6.04 Å². The minimum Gasteiger partial charge on any atom is -0.353 e. The highest BCUT2D eigenvalue weighted by Crippen LogP contribution is 2.28.